The lowest BCUT2D eigenvalue weighted by Crippen LogP contribution is -2.18. The normalized spacial score (nSPS) is 12.6. The van der Waals surface area contributed by atoms with Crippen molar-refractivity contribution in [3.05, 3.63) is 29.3 Å². The van der Waals surface area contributed by atoms with E-state index < -0.39 is 11.6 Å². The van der Waals surface area contributed by atoms with E-state index in [0.717, 1.165) is 6.07 Å². The van der Waals surface area contributed by atoms with Crippen LogP contribution in [-0.4, -0.2) is 13.2 Å². The van der Waals surface area contributed by atoms with Gasteiger partial charge in [-0.15, -0.1) is 0 Å². The molecule has 0 aliphatic carbocycles. The highest BCUT2D eigenvalue weighted by atomic mass is 19.2. The van der Waals surface area contributed by atoms with Gasteiger partial charge in [0.2, 0.25) is 5.82 Å². The van der Waals surface area contributed by atoms with Crippen LogP contribution in [0.5, 0.6) is 5.75 Å². The van der Waals surface area contributed by atoms with Crippen LogP contribution in [-0.2, 0) is 6.42 Å². The zero-order chi connectivity index (χ0) is 10.7. The summed E-state index contributed by atoms with van der Waals surface area (Å²) in [7, 11) is 1.30. The molecule has 4 heteroatoms. The molecule has 1 unspecified atom stereocenters. The number of ether oxygens (including phenoxy) is 1. The number of methoxy groups -OCH3 is 1. The standard InChI is InChI=1S/C10H13F2NO/c1-6(13)3-7-4-8(11)10(12)9(5-7)14-2/h4-6H,3,13H2,1-2H3. The largest absolute Gasteiger partial charge is 0.494 e. The Hall–Kier alpha value is -1.16. The summed E-state index contributed by atoms with van der Waals surface area (Å²) in [6.45, 7) is 1.80. The fraction of sp³-hybridized carbons (Fsp3) is 0.400. The summed E-state index contributed by atoms with van der Waals surface area (Å²) < 4.78 is 30.7. The smallest absolute Gasteiger partial charge is 0.200 e. The van der Waals surface area contributed by atoms with Crippen molar-refractivity contribution in [1.82, 2.24) is 0 Å². The van der Waals surface area contributed by atoms with Crippen molar-refractivity contribution in [2.45, 2.75) is 19.4 Å². The minimum atomic E-state index is -0.957. The third-order valence-electron chi connectivity index (χ3n) is 1.83. The van der Waals surface area contributed by atoms with Gasteiger partial charge in [0.1, 0.15) is 0 Å². The van der Waals surface area contributed by atoms with Gasteiger partial charge in [-0.2, -0.15) is 4.39 Å². The first kappa shape index (κ1) is 10.9. The molecule has 1 atom stereocenters. The average molecular weight is 201 g/mol. The van der Waals surface area contributed by atoms with Crippen LogP contribution in [0.25, 0.3) is 0 Å². The van der Waals surface area contributed by atoms with Crippen molar-refractivity contribution < 1.29 is 13.5 Å². The van der Waals surface area contributed by atoms with E-state index in [2.05, 4.69) is 0 Å². The van der Waals surface area contributed by atoms with Gasteiger partial charge in [0.15, 0.2) is 11.6 Å². The van der Waals surface area contributed by atoms with Crippen LogP contribution >= 0.6 is 0 Å². The molecule has 0 aliphatic rings. The Morgan fingerprint density at radius 2 is 2.07 bits per heavy atom. The fourth-order valence-corrected chi connectivity index (χ4v) is 1.26. The molecule has 78 valence electrons. The Morgan fingerprint density at radius 3 is 2.57 bits per heavy atom. The summed E-state index contributed by atoms with van der Waals surface area (Å²) >= 11 is 0. The molecule has 0 spiro atoms. The molecule has 14 heavy (non-hydrogen) atoms. The summed E-state index contributed by atoms with van der Waals surface area (Å²) in [5.74, 6) is -1.94. The van der Waals surface area contributed by atoms with Gasteiger partial charge in [-0.25, -0.2) is 4.39 Å². The van der Waals surface area contributed by atoms with Gasteiger partial charge in [-0.3, -0.25) is 0 Å². The maximum atomic E-state index is 13.0. The number of hydrogen-bond acceptors (Lipinski definition) is 2. The number of halogens is 2. The molecular weight excluding hydrogens is 188 g/mol. The van der Waals surface area contributed by atoms with Crippen molar-refractivity contribution >= 4 is 0 Å². The topological polar surface area (TPSA) is 35.2 Å². The lowest BCUT2D eigenvalue weighted by atomic mass is 10.1. The third-order valence-corrected chi connectivity index (χ3v) is 1.83. The quantitative estimate of drug-likeness (QED) is 0.810. The highest BCUT2D eigenvalue weighted by molar-refractivity contribution is 5.31. The molecule has 0 saturated carbocycles. The van der Waals surface area contributed by atoms with Crippen molar-refractivity contribution in [2.75, 3.05) is 7.11 Å². The molecule has 1 aromatic rings. The lowest BCUT2D eigenvalue weighted by Gasteiger charge is -2.08. The Balaban J connectivity index is 3.03. The fourth-order valence-electron chi connectivity index (χ4n) is 1.26. The summed E-state index contributed by atoms with van der Waals surface area (Å²) in [6, 6.07) is 2.51. The average Bonchev–Trinajstić information content (AvgIpc) is 2.10. The van der Waals surface area contributed by atoms with E-state index in [1.54, 1.807) is 6.92 Å². The molecule has 0 fully saturated rings. The van der Waals surface area contributed by atoms with E-state index in [1.807, 2.05) is 0 Å². The van der Waals surface area contributed by atoms with Crippen LogP contribution < -0.4 is 10.5 Å². The lowest BCUT2D eigenvalue weighted by molar-refractivity contribution is 0.370. The van der Waals surface area contributed by atoms with Gasteiger partial charge in [0.25, 0.3) is 0 Å². The van der Waals surface area contributed by atoms with Gasteiger partial charge in [-0.05, 0) is 31.0 Å². The molecule has 1 aromatic carbocycles. The molecular formula is C10H13F2NO. The zero-order valence-corrected chi connectivity index (χ0v) is 8.18. The molecule has 0 heterocycles. The summed E-state index contributed by atoms with van der Waals surface area (Å²) in [6.07, 6.45) is 0.494. The second kappa shape index (κ2) is 4.37. The van der Waals surface area contributed by atoms with Crippen LogP contribution in [0.3, 0.4) is 0 Å². The second-order valence-corrected chi connectivity index (χ2v) is 3.28. The monoisotopic (exact) mass is 201 g/mol. The predicted octanol–water partition coefficient (Wildman–Crippen LogP) is 1.86. The number of nitrogens with two attached hydrogens (primary N) is 1. The van der Waals surface area contributed by atoms with E-state index >= 15 is 0 Å². The first-order valence-electron chi connectivity index (χ1n) is 4.32. The van der Waals surface area contributed by atoms with E-state index in [-0.39, 0.29) is 11.8 Å². The highest BCUT2D eigenvalue weighted by Crippen LogP contribution is 2.22. The minimum absolute atomic E-state index is 0.0827. The van der Waals surface area contributed by atoms with Gasteiger partial charge < -0.3 is 10.5 Å². The van der Waals surface area contributed by atoms with Crippen LogP contribution in [0.1, 0.15) is 12.5 Å². The first-order valence-corrected chi connectivity index (χ1v) is 4.32. The Kier molecular flexibility index (Phi) is 3.41. The van der Waals surface area contributed by atoms with Gasteiger partial charge >= 0.3 is 0 Å². The van der Waals surface area contributed by atoms with Crippen molar-refractivity contribution in [2.24, 2.45) is 5.73 Å². The number of rotatable bonds is 3. The SMILES string of the molecule is COc1cc(CC(C)N)cc(F)c1F. The molecule has 0 saturated heterocycles. The summed E-state index contributed by atoms with van der Waals surface area (Å²) in [4.78, 5) is 0. The van der Waals surface area contributed by atoms with Crippen LogP contribution in [0.2, 0.25) is 0 Å². The molecule has 2 N–H and O–H groups in total. The molecule has 2 nitrogen and oxygen atoms in total. The van der Waals surface area contributed by atoms with E-state index in [0.29, 0.717) is 12.0 Å². The van der Waals surface area contributed by atoms with E-state index in [4.69, 9.17) is 10.5 Å². The van der Waals surface area contributed by atoms with Gasteiger partial charge in [0.05, 0.1) is 7.11 Å². The Bertz CT molecular complexity index is 326. The van der Waals surface area contributed by atoms with E-state index in [1.165, 1.54) is 13.2 Å². The molecule has 0 radical (unpaired) electrons. The molecule has 0 aliphatic heterocycles. The summed E-state index contributed by atoms with van der Waals surface area (Å²) in [5.41, 5.74) is 6.18. The zero-order valence-electron chi connectivity index (χ0n) is 8.18. The van der Waals surface area contributed by atoms with Crippen LogP contribution in [0.4, 0.5) is 8.78 Å². The molecule has 0 aromatic heterocycles. The summed E-state index contributed by atoms with van der Waals surface area (Å²) in [5, 5.41) is 0. The first-order chi connectivity index (χ1) is 6.54. The number of benzene rings is 1. The van der Waals surface area contributed by atoms with Gasteiger partial charge in [0, 0.05) is 6.04 Å². The van der Waals surface area contributed by atoms with Gasteiger partial charge in [-0.1, -0.05) is 0 Å². The van der Waals surface area contributed by atoms with Crippen molar-refractivity contribution in [3.63, 3.8) is 0 Å². The van der Waals surface area contributed by atoms with Crippen LogP contribution in [0, 0.1) is 11.6 Å². The molecule has 0 bridgehead atoms. The van der Waals surface area contributed by atoms with Crippen molar-refractivity contribution in [1.29, 1.82) is 0 Å². The Labute approximate surface area is 81.7 Å². The maximum absolute atomic E-state index is 13.0. The predicted molar refractivity (Wildman–Crippen MR) is 50.3 cm³/mol. The minimum Gasteiger partial charge on any atom is -0.494 e. The van der Waals surface area contributed by atoms with Crippen molar-refractivity contribution in [3.8, 4) is 5.75 Å². The highest BCUT2D eigenvalue weighted by Gasteiger charge is 2.11. The third kappa shape index (κ3) is 2.42. The Morgan fingerprint density at radius 1 is 1.43 bits per heavy atom. The second-order valence-electron chi connectivity index (χ2n) is 3.28. The number of hydrogen-bond donors (Lipinski definition) is 1. The molecule has 0 amide bonds. The molecule has 1 rings (SSSR count). The maximum Gasteiger partial charge on any atom is 0.200 e. The van der Waals surface area contributed by atoms with Crippen LogP contribution in [0.15, 0.2) is 12.1 Å². The van der Waals surface area contributed by atoms with E-state index in [9.17, 15) is 8.78 Å².